The van der Waals surface area contributed by atoms with Gasteiger partial charge in [0, 0.05) is 13.2 Å². The fourth-order valence-electron chi connectivity index (χ4n) is 1.17. The molecule has 18 heavy (non-hydrogen) atoms. The van der Waals surface area contributed by atoms with Crippen LogP contribution in [-0.2, 0) is 18.9 Å². The number of thiol groups is 1. The van der Waals surface area contributed by atoms with Gasteiger partial charge in [-0.25, -0.2) is 0 Å². The predicted molar refractivity (Wildman–Crippen MR) is 76.7 cm³/mol. The summed E-state index contributed by atoms with van der Waals surface area (Å²) in [5, 5.41) is 0. The number of hydrogen-bond acceptors (Lipinski definition) is 5. The van der Waals surface area contributed by atoms with E-state index in [-0.39, 0.29) is 0 Å². The lowest BCUT2D eigenvalue weighted by Gasteiger charge is -2.07. The summed E-state index contributed by atoms with van der Waals surface area (Å²) in [4.78, 5) is 0. The van der Waals surface area contributed by atoms with Crippen molar-refractivity contribution in [2.24, 2.45) is 0 Å². The van der Waals surface area contributed by atoms with Gasteiger partial charge in [-0.2, -0.15) is 12.6 Å². The molecule has 0 radical (unpaired) electrons. The van der Waals surface area contributed by atoms with Crippen molar-refractivity contribution in [3.05, 3.63) is 0 Å². The average molecular weight is 280 g/mol. The summed E-state index contributed by atoms with van der Waals surface area (Å²) in [6.45, 7) is 7.58. The third kappa shape index (κ3) is 16.2. The van der Waals surface area contributed by atoms with E-state index in [4.69, 9.17) is 18.9 Å². The number of unbranched alkanes of at least 4 members (excludes halogenated alkanes) is 1. The van der Waals surface area contributed by atoms with E-state index in [2.05, 4.69) is 19.6 Å². The second-order valence-electron chi connectivity index (χ2n) is 3.88. The molecule has 0 unspecified atom stereocenters. The number of ether oxygens (including phenoxy) is 4. The Morgan fingerprint density at radius 2 is 1.00 bits per heavy atom. The van der Waals surface area contributed by atoms with E-state index >= 15 is 0 Å². The van der Waals surface area contributed by atoms with E-state index < -0.39 is 0 Å². The van der Waals surface area contributed by atoms with Crippen LogP contribution in [0.15, 0.2) is 0 Å². The fourth-order valence-corrected chi connectivity index (χ4v) is 1.30. The predicted octanol–water partition coefficient (Wildman–Crippen LogP) is 2.17. The van der Waals surface area contributed by atoms with Gasteiger partial charge in [0.1, 0.15) is 0 Å². The Balaban J connectivity index is 2.86. The lowest BCUT2D eigenvalue weighted by Crippen LogP contribution is -2.12. The zero-order valence-electron chi connectivity index (χ0n) is 11.6. The molecule has 110 valence electrons. The summed E-state index contributed by atoms with van der Waals surface area (Å²) >= 11 is 4.10. The lowest BCUT2D eigenvalue weighted by molar-refractivity contribution is -0.00188. The van der Waals surface area contributed by atoms with Crippen LogP contribution in [0.4, 0.5) is 0 Å². The molecule has 0 N–H and O–H groups in total. The molecular formula is C13H28O4S. The SMILES string of the molecule is CCCCOCCOCCOCCOCCCS. The first kappa shape index (κ1) is 18.2. The molecule has 5 heteroatoms. The van der Waals surface area contributed by atoms with Crippen molar-refractivity contribution in [1.29, 1.82) is 0 Å². The molecule has 0 aromatic heterocycles. The number of hydrogen-bond donors (Lipinski definition) is 1. The smallest absolute Gasteiger partial charge is 0.0701 e. The summed E-state index contributed by atoms with van der Waals surface area (Å²) < 4.78 is 21.4. The minimum Gasteiger partial charge on any atom is -0.379 e. The monoisotopic (exact) mass is 280 g/mol. The zero-order chi connectivity index (χ0) is 13.3. The van der Waals surface area contributed by atoms with Gasteiger partial charge in [0.25, 0.3) is 0 Å². The topological polar surface area (TPSA) is 36.9 Å². The summed E-state index contributed by atoms with van der Waals surface area (Å²) in [5.74, 6) is 0.870. The van der Waals surface area contributed by atoms with Gasteiger partial charge >= 0.3 is 0 Å². The molecule has 0 bridgehead atoms. The first-order valence-corrected chi connectivity index (χ1v) is 7.47. The van der Waals surface area contributed by atoms with Crippen LogP contribution >= 0.6 is 12.6 Å². The van der Waals surface area contributed by atoms with Gasteiger partial charge in [-0.1, -0.05) is 13.3 Å². The molecule has 0 rings (SSSR count). The van der Waals surface area contributed by atoms with Crippen molar-refractivity contribution >= 4 is 12.6 Å². The first-order chi connectivity index (χ1) is 8.91. The van der Waals surface area contributed by atoms with E-state index in [1.165, 1.54) is 6.42 Å². The van der Waals surface area contributed by atoms with Crippen molar-refractivity contribution < 1.29 is 18.9 Å². The molecule has 0 aromatic carbocycles. The highest BCUT2D eigenvalue weighted by atomic mass is 32.1. The molecule has 0 aromatic rings. The van der Waals surface area contributed by atoms with E-state index in [1.54, 1.807) is 0 Å². The van der Waals surface area contributed by atoms with Crippen LogP contribution in [0.2, 0.25) is 0 Å². The van der Waals surface area contributed by atoms with Crippen molar-refractivity contribution in [3.63, 3.8) is 0 Å². The Labute approximate surface area is 117 Å². The van der Waals surface area contributed by atoms with Crippen LogP contribution < -0.4 is 0 Å². The summed E-state index contributed by atoms with van der Waals surface area (Å²) in [6, 6.07) is 0. The maximum Gasteiger partial charge on any atom is 0.0701 e. The van der Waals surface area contributed by atoms with Crippen molar-refractivity contribution in [3.8, 4) is 0 Å². The second kappa shape index (κ2) is 17.2. The minimum absolute atomic E-state index is 0.616. The molecule has 4 nitrogen and oxygen atoms in total. The summed E-state index contributed by atoms with van der Waals surface area (Å²) in [6.07, 6.45) is 3.28. The van der Waals surface area contributed by atoms with Gasteiger partial charge < -0.3 is 18.9 Å². The third-order valence-electron chi connectivity index (χ3n) is 2.21. The maximum absolute atomic E-state index is 5.36. The second-order valence-corrected chi connectivity index (χ2v) is 4.33. The summed E-state index contributed by atoms with van der Waals surface area (Å²) in [5.41, 5.74) is 0. The van der Waals surface area contributed by atoms with Crippen LogP contribution in [-0.4, -0.2) is 58.6 Å². The average Bonchev–Trinajstić information content (AvgIpc) is 2.39. The van der Waals surface area contributed by atoms with Gasteiger partial charge in [0.05, 0.1) is 39.6 Å². The molecule has 0 atom stereocenters. The van der Waals surface area contributed by atoms with Crippen LogP contribution in [0.3, 0.4) is 0 Å². The van der Waals surface area contributed by atoms with Crippen LogP contribution in [0.25, 0.3) is 0 Å². The lowest BCUT2D eigenvalue weighted by atomic mass is 10.4. The van der Waals surface area contributed by atoms with Gasteiger partial charge in [0.15, 0.2) is 0 Å². The van der Waals surface area contributed by atoms with Gasteiger partial charge in [0.2, 0.25) is 0 Å². The molecular weight excluding hydrogens is 252 g/mol. The Morgan fingerprint density at radius 1 is 0.611 bits per heavy atom. The van der Waals surface area contributed by atoms with E-state index in [1.807, 2.05) is 0 Å². The molecule has 0 saturated carbocycles. The van der Waals surface area contributed by atoms with Crippen LogP contribution in [0, 0.1) is 0 Å². The van der Waals surface area contributed by atoms with Crippen LogP contribution in [0.1, 0.15) is 26.2 Å². The Kier molecular flexibility index (Phi) is 17.4. The Bertz CT molecular complexity index is 131. The van der Waals surface area contributed by atoms with Crippen molar-refractivity contribution in [2.45, 2.75) is 26.2 Å². The van der Waals surface area contributed by atoms with Crippen LogP contribution in [0.5, 0.6) is 0 Å². The summed E-state index contributed by atoms with van der Waals surface area (Å²) in [7, 11) is 0. The molecule has 0 saturated heterocycles. The minimum atomic E-state index is 0.616. The Hall–Kier alpha value is 0.190. The molecule has 0 fully saturated rings. The zero-order valence-corrected chi connectivity index (χ0v) is 12.5. The molecule has 0 spiro atoms. The molecule has 0 heterocycles. The fraction of sp³-hybridized carbons (Fsp3) is 1.00. The van der Waals surface area contributed by atoms with Gasteiger partial charge in [-0.15, -0.1) is 0 Å². The molecule has 0 aliphatic heterocycles. The highest BCUT2D eigenvalue weighted by Crippen LogP contribution is 1.88. The quantitative estimate of drug-likeness (QED) is 0.368. The van der Waals surface area contributed by atoms with Gasteiger partial charge in [-0.05, 0) is 18.6 Å². The van der Waals surface area contributed by atoms with Crippen molar-refractivity contribution in [2.75, 3.05) is 58.6 Å². The Morgan fingerprint density at radius 3 is 1.39 bits per heavy atom. The highest BCUT2D eigenvalue weighted by molar-refractivity contribution is 7.80. The van der Waals surface area contributed by atoms with E-state index in [9.17, 15) is 0 Å². The van der Waals surface area contributed by atoms with Crippen molar-refractivity contribution in [1.82, 2.24) is 0 Å². The first-order valence-electron chi connectivity index (χ1n) is 6.83. The molecule has 0 aliphatic carbocycles. The van der Waals surface area contributed by atoms with E-state index in [0.717, 1.165) is 31.8 Å². The van der Waals surface area contributed by atoms with Gasteiger partial charge in [-0.3, -0.25) is 0 Å². The maximum atomic E-state index is 5.36. The third-order valence-corrected chi connectivity index (χ3v) is 2.52. The normalized spacial score (nSPS) is 11.0. The standard InChI is InChI=1S/C13H28O4S/c1-2-3-5-14-7-9-16-11-12-17-10-8-15-6-4-13-18/h18H,2-13H2,1H3. The van der Waals surface area contributed by atoms with E-state index in [0.29, 0.717) is 39.6 Å². The molecule has 0 amide bonds. The largest absolute Gasteiger partial charge is 0.379 e. The molecule has 0 aliphatic rings. The highest BCUT2D eigenvalue weighted by Gasteiger charge is 1.92. The number of rotatable bonds is 15.